The lowest BCUT2D eigenvalue weighted by Gasteiger charge is -2.10. The van der Waals surface area contributed by atoms with Crippen LogP contribution >= 0.6 is 0 Å². The number of carbonyl (C=O) groups excluding carboxylic acids is 1. The van der Waals surface area contributed by atoms with E-state index in [1.807, 2.05) is 115 Å². The molecule has 1 aliphatic heterocycles. The zero-order valence-corrected chi connectivity index (χ0v) is 18.7. The first kappa shape index (κ1) is 20.6. The van der Waals surface area contributed by atoms with Gasteiger partial charge in [0.1, 0.15) is 11.4 Å². The third-order valence-corrected chi connectivity index (χ3v) is 5.74. The molecule has 0 saturated heterocycles. The van der Waals surface area contributed by atoms with Gasteiger partial charge in [0.2, 0.25) is 0 Å². The van der Waals surface area contributed by atoms with Crippen LogP contribution < -0.4 is 5.01 Å². The molecule has 5 aromatic rings. The second kappa shape index (κ2) is 8.76. The van der Waals surface area contributed by atoms with Crippen LogP contribution in [-0.2, 0) is 4.79 Å². The summed E-state index contributed by atoms with van der Waals surface area (Å²) in [5.41, 5.74) is 4.97. The van der Waals surface area contributed by atoms with Crippen molar-refractivity contribution in [1.29, 1.82) is 0 Å². The molecule has 0 aliphatic carbocycles. The molecule has 0 atom stereocenters. The highest BCUT2D eigenvalue weighted by molar-refractivity contribution is 6.37. The number of carbonyl (C=O) groups is 1. The SMILES string of the molecule is O=C1C(=Cc2cn(-c3ccccc3)nc2-c2ccco2)C(c2ccccc2)=NN1c1ccccc1. The molecule has 0 saturated carbocycles. The van der Waals surface area contributed by atoms with E-state index < -0.39 is 0 Å². The maximum atomic E-state index is 13.7. The molecule has 0 bridgehead atoms. The second-order valence-corrected chi connectivity index (χ2v) is 8.02. The molecule has 0 fully saturated rings. The Labute approximate surface area is 202 Å². The fourth-order valence-corrected chi connectivity index (χ4v) is 4.06. The number of nitrogens with zero attached hydrogens (tertiary/aromatic N) is 4. The van der Waals surface area contributed by atoms with Crippen LogP contribution in [0.25, 0.3) is 23.2 Å². The highest BCUT2D eigenvalue weighted by atomic mass is 16.3. The fraction of sp³-hybridized carbons (Fsp3) is 0. The Hall–Kier alpha value is -4.97. The van der Waals surface area contributed by atoms with Crippen molar-refractivity contribution in [3.63, 3.8) is 0 Å². The minimum Gasteiger partial charge on any atom is -0.463 e. The molecule has 0 radical (unpaired) electrons. The number of hydrogen-bond donors (Lipinski definition) is 0. The predicted octanol–water partition coefficient (Wildman–Crippen LogP) is 5.97. The van der Waals surface area contributed by atoms with E-state index in [1.165, 1.54) is 5.01 Å². The molecular weight excluding hydrogens is 436 g/mol. The standard InChI is InChI=1S/C29H20N4O2/c34-29-25(27(21-11-4-1-5-12-21)31-33(29)24-15-8-3-9-16-24)19-22-20-32(23-13-6-2-7-14-23)30-28(22)26-17-10-18-35-26/h1-20H. The maximum absolute atomic E-state index is 13.7. The number of furan rings is 1. The Morgan fingerprint density at radius 1 is 0.743 bits per heavy atom. The van der Waals surface area contributed by atoms with Crippen LogP contribution in [0.1, 0.15) is 11.1 Å². The lowest BCUT2D eigenvalue weighted by Crippen LogP contribution is -2.21. The van der Waals surface area contributed by atoms with E-state index in [1.54, 1.807) is 10.9 Å². The summed E-state index contributed by atoms with van der Waals surface area (Å²) in [6, 6.07) is 32.7. The Morgan fingerprint density at radius 2 is 1.40 bits per heavy atom. The summed E-state index contributed by atoms with van der Waals surface area (Å²) in [7, 11) is 0. The van der Waals surface area contributed by atoms with Gasteiger partial charge in [-0.15, -0.1) is 0 Å². The molecular formula is C29H20N4O2. The average Bonchev–Trinajstić information content (AvgIpc) is 3.66. The van der Waals surface area contributed by atoms with Crippen LogP contribution in [-0.4, -0.2) is 21.4 Å². The zero-order valence-electron chi connectivity index (χ0n) is 18.7. The normalized spacial score (nSPS) is 14.5. The molecule has 1 amide bonds. The van der Waals surface area contributed by atoms with Crippen LogP contribution in [0.15, 0.2) is 131 Å². The molecule has 6 heteroatoms. The van der Waals surface area contributed by atoms with Crippen molar-refractivity contribution in [1.82, 2.24) is 9.78 Å². The summed E-state index contributed by atoms with van der Waals surface area (Å²) in [4.78, 5) is 13.7. The number of amides is 1. The van der Waals surface area contributed by atoms with Crippen molar-refractivity contribution >= 4 is 23.4 Å². The van der Waals surface area contributed by atoms with Crippen LogP contribution in [0, 0.1) is 0 Å². The molecule has 3 heterocycles. The first-order valence-electron chi connectivity index (χ1n) is 11.2. The van der Waals surface area contributed by atoms with Gasteiger partial charge in [0.25, 0.3) is 5.91 Å². The third kappa shape index (κ3) is 3.87. The number of rotatable bonds is 5. The summed E-state index contributed by atoms with van der Waals surface area (Å²) < 4.78 is 7.46. The molecule has 6 rings (SSSR count). The zero-order chi connectivity index (χ0) is 23.6. The highest BCUT2D eigenvalue weighted by Crippen LogP contribution is 2.31. The Bertz CT molecular complexity index is 1530. The van der Waals surface area contributed by atoms with Gasteiger partial charge >= 0.3 is 0 Å². The molecule has 6 nitrogen and oxygen atoms in total. The van der Waals surface area contributed by atoms with Gasteiger partial charge in [-0.1, -0.05) is 66.7 Å². The van der Waals surface area contributed by atoms with E-state index in [-0.39, 0.29) is 5.91 Å². The van der Waals surface area contributed by atoms with Crippen molar-refractivity contribution in [2.24, 2.45) is 5.10 Å². The molecule has 0 unspecified atom stereocenters. The van der Waals surface area contributed by atoms with Crippen molar-refractivity contribution in [2.45, 2.75) is 0 Å². The van der Waals surface area contributed by atoms with E-state index in [9.17, 15) is 4.79 Å². The molecule has 3 aromatic carbocycles. The smallest absolute Gasteiger partial charge is 0.281 e. The lowest BCUT2D eigenvalue weighted by molar-refractivity contribution is -0.114. The average molecular weight is 457 g/mol. The summed E-state index contributed by atoms with van der Waals surface area (Å²) in [6.07, 6.45) is 5.37. The Kier molecular flexibility index (Phi) is 5.16. The summed E-state index contributed by atoms with van der Waals surface area (Å²) in [5, 5.41) is 11.0. The van der Waals surface area contributed by atoms with E-state index in [0.29, 0.717) is 28.4 Å². The number of hydrogen-bond acceptors (Lipinski definition) is 4. The van der Waals surface area contributed by atoms with Crippen LogP contribution in [0.5, 0.6) is 0 Å². The van der Waals surface area contributed by atoms with Crippen LogP contribution in [0.2, 0.25) is 0 Å². The molecule has 0 N–H and O–H groups in total. The minimum atomic E-state index is -0.201. The summed E-state index contributed by atoms with van der Waals surface area (Å²) in [5.74, 6) is 0.419. The fourth-order valence-electron chi connectivity index (χ4n) is 4.06. The van der Waals surface area contributed by atoms with Gasteiger partial charge in [-0.2, -0.15) is 15.2 Å². The van der Waals surface area contributed by atoms with Crippen LogP contribution in [0.4, 0.5) is 5.69 Å². The van der Waals surface area contributed by atoms with Crippen molar-refractivity contribution in [2.75, 3.05) is 5.01 Å². The molecule has 168 valence electrons. The third-order valence-electron chi connectivity index (χ3n) is 5.74. The predicted molar refractivity (Wildman–Crippen MR) is 136 cm³/mol. The van der Waals surface area contributed by atoms with Gasteiger partial charge in [0.15, 0.2) is 5.76 Å². The van der Waals surface area contributed by atoms with E-state index in [0.717, 1.165) is 16.8 Å². The Morgan fingerprint density at radius 3 is 2.06 bits per heavy atom. The van der Waals surface area contributed by atoms with Crippen molar-refractivity contribution in [3.8, 4) is 17.1 Å². The largest absolute Gasteiger partial charge is 0.463 e. The van der Waals surface area contributed by atoms with Crippen molar-refractivity contribution < 1.29 is 9.21 Å². The Balaban J connectivity index is 1.51. The van der Waals surface area contributed by atoms with Gasteiger partial charge in [-0.05, 0) is 42.5 Å². The highest BCUT2D eigenvalue weighted by Gasteiger charge is 2.32. The quantitative estimate of drug-likeness (QED) is 0.306. The molecule has 0 spiro atoms. The monoisotopic (exact) mass is 456 g/mol. The number of para-hydroxylation sites is 2. The lowest BCUT2D eigenvalue weighted by atomic mass is 10.00. The minimum absolute atomic E-state index is 0.201. The van der Waals surface area contributed by atoms with Gasteiger partial charge in [0.05, 0.1) is 23.2 Å². The summed E-state index contributed by atoms with van der Waals surface area (Å²) in [6.45, 7) is 0. The summed E-state index contributed by atoms with van der Waals surface area (Å²) >= 11 is 0. The number of benzene rings is 3. The molecule has 1 aliphatic rings. The topological polar surface area (TPSA) is 63.6 Å². The van der Waals surface area contributed by atoms with E-state index in [2.05, 4.69) is 0 Å². The molecule has 2 aromatic heterocycles. The second-order valence-electron chi connectivity index (χ2n) is 8.02. The van der Waals surface area contributed by atoms with Crippen molar-refractivity contribution in [3.05, 3.63) is 132 Å². The molecule has 35 heavy (non-hydrogen) atoms. The van der Waals surface area contributed by atoms with Gasteiger partial charge < -0.3 is 4.42 Å². The van der Waals surface area contributed by atoms with Gasteiger partial charge in [0, 0.05) is 17.3 Å². The van der Waals surface area contributed by atoms with Gasteiger partial charge in [-0.25, -0.2) is 4.68 Å². The van der Waals surface area contributed by atoms with Crippen LogP contribution in [0.3, 0.4) is 0 Å². The first-order valence-corrected chi connectivity index (χ1v) is 11.2. The number of hydrazone groups is 1. The number of anilines is 1. The van der Waals surface area contributed by atoms with E-state index in [4.69, 9.17) is 14.6 Å². The first-order chi connectivity index (χ1) is 17.3. The maximum Gasteiger partial charge on any atom is 0.281 e. The van der Waals surface area contributed by atoms with E-state index >= 15 is 0 Å². The van der Waals surface area contributed by atoms with Gasteiger partial charge in [-0.3, -0.25) is 4.79 Å². The number of aromatic nitrogens is 2.